The van der Waals surface area contributed by atoms with E-state index in [1.54, 1.807) is 113 Å². The number of amides is 5. The maximum absolute atomic E-state index is 15.1. The van der Waals surface area contributed by atoms with Crippen molar-refractivity contribution in [2.45, 2.75) is 170 Å². The zero-order valence-corrected chi connectivity index (χ0v) is 54.4. The molecule has 8 atom stereocenters. The van der Waals surface area contributed by atoms with Gasteiger partial charge in [0.05, 0.1) is 58.4 Å². The molecule has 1 heterocycles. The molecule has 5 amide bonds. The summed E-state index contributed by atoms with van der Waals surface area (Å²) >= 11 is 0. The van der Waals surface area contributed by atoms with E-state index < -0.39 is 132 Å². The van der Waals surface area contributed by atoms with Crippen LogP contribution in [-0.2, 0) is 97.8 Å². The van der Waals surface area contributed by atoms with E-state index in [1.165, 1.54) is 30.1 Å². The van der Waals surface area contributed by atoms with Gasteiger partial charge in [-0.05, 0) is 69.2 Å². The summed E-state index contributed by atoms with van der Waals surface area (Å²) in [5, 5.41) is 5.69. The highest BCUT2D eigenvalue weighted by Crippen LogP contribution is 2.35. The quantitative estimate of drug-likeness (QED) is 0.0289. The third-order valence-corrected chi connectivity index (χ3v) is 13.5. The van der Waals surface area contributed by atoms with Crippen molar-refractivity contribution in [2.75, 3.05) is 67.4 Å². The molecule has 0 spiro atoms. The van der Waals surface area contributed by atoms with Crippen molar-refractivity contribution in [2.24, 2.45) is 11.3 Å². The highest BCUT2D eigenvalue weighted by molar-refractivity contribution is 5.97. The second-order valence-electron chi connectivity index (χ2n) is 23.8. The molecule has 3 N–H and O–H groups in total. The van der Waals surface area contributed by atoms with Crippen LogP contribution in [-0.4, -0.2) is 191 Å². The van der Waals surface area contributed by atoms with E-state index in [0.29, 0.717) is 11.1 Å². The van der Waals surface area contributed by atoms with Crippen molar-refractivity contribution >= 4 is 59.8 Å². The predicted molar refractivity (Wildman–Crippen MR) is 318 cm³/mol. The van der Waals surface area contributed by atoms with Crippen LogP contribution in [0.1, 0.15) is 125 Å². The lowest BCUT2D eigenvalue weighted by molar-refractivity contribution is -0.282. The molecule has 0 aliphatic carbocycles. The van der Waals surface area contributed by atoms with Gasteiger partial charge >= 0.3 is 42.0 Å². The van der Waals surface area contributed by atoms with E-state index in [0.717, 1.165) is 32.8 Å². The van der Waals surface area contributed by atoms with Gasteiger partial charge in [-0.3, -0.25) is 38.5 Å². The Morgan fingerprint density at radius 2 is 1.30 bits per heavy atom. The van der Waals surface area contributed by atoms with Crippen molar-refractivity contribution < 1.29 is 105 Å². The fourth-order valence-electron chi connectivity index (χ4n) is 9.32. The van der Waals surface area contributed by atoms with Crippen molar-refractivity contribution in [1.82, 2.24) is 25.9 Å². The van der Waals surface area contributed by atoms with Crippen LogP contribution in [0.2, 0.25) is 0 Å². The number of benzene rings is 2. The summed E-state index contributed by atoms with van der Waals surface area (Å²) in [6, 6.07) is 9.88. The third-order valence-electron chi connectivity index (χ3n) is 13.5. The number of carbonyl (C=O) groups is 10. The van der Waals surface area contributed by atoms with Crippen LogP contribution in [0.4, 0.5) is 9.59 Å². The van der Waals surface area contributed by atoms with Gasteiger partial charge in [0.15, 0.2) is 18.3 Å². The standard InChI is InChI=1S/C62H91N5O22/c1-19-81-55(74)37(4)33-44(36(2)3)66(16)54(73)50(60(8,9)10)64-53(72)51(62(14,15)42-23-21-20-22-24-42)67(17)59(77)82-35-41-25-26-45(43(34-41)52(71)63-27-28-79-29-30-80-31-32-83-65-58(76)89-61(11,12)13)87-57-49(86-40(7)70)47(85-39(6)69)46(84-38(5)68)48(88-57)56(75)78-18/h20-26,33-34,36,44,46-51,57H,19,27-32,35H2,1-18H3,(H,63,71)(H,64,72)(H,65,76)/b37-33+/t44-,46+,47+,48+,49-,50-,51-,57-/m1/s1. The first-order valence-electron chi connectivity index (χ1n) is 29.0. The summed E-state index contributed by atoms with van der Waals surface area (Å²) < 4.78 is 60.9. The SMILES string of the molecule is CCOC(=O)/C(C)=C/[C@H](C(C)C)N(C)C(=O)[C@@H](NC(=O)[C@@H](N(C)C(=O)OCc1ccc(O[C@@H]2O[C@H](C(=O)OC)[C@@H](OC(C)=O)[C@H](OC(C)=O)[C@H]2OC(C)=O)c(C(=O)NCCOCCOCCONC(=O)OC(C)(C)C)c1)C(C)(C)c1ccccc1)C(C)(C)C. The molecule has 0 unspecified atom stereocenters. The lowest BCUT2D eigenvalue weighted by atomic mass is 9.76. The zero-order chi connectivity index (χ0) is 67.1. The highest BCUT2D eigenvalue weighted by Gasteiger charge is 2.56. The van der Waals surface area contributed by atoms with Crippen LogP contribution in [0.15, 0.2) is 60.2 Å². The summed E-state index contributed by atoms with van der Waals surface area (Å²) in [7, 11) is 3.98. The number of rotatable bonds is 30. The molecule has 0 bridgehead atoms. The minimum atomic E-state index is -1.87. The molecule has 27 heteroatoms. The first-order chi connectivity index (χ1) is 41.5. The molecule has 3 rings (SSSR count). The van der Waals surface area contributed by atoms with Gasteiger partial charge in [-0.1, -0.05) is 90.9 Å². The Bertz CT molecular complexity index is 2780. The number of nitrogens with zero attached hydrogens (tertiary/aromatic N) is 2. The molecule has 1 saturated heterocycles. The van der Waals surface area contributed by atoms with Gasteiger partial charge in [0, 0.05) is 52.4 Å². The monoisotopic (exact) mass is 1260 g/mol. The zero-order valence-electron chi connectivity index (χ0n) is 54.4. The summed E-state index contributed by atoms with van der Waals surface area (Å²) in [6.07, 6.45) is -9.01. The molecule has 0 saturated carbocycles. The molecular formula is C62H91N5O22. The minimum absolute atomic E-state index is 0.00705. The van der Waals surface area contributed by atoms with Crippen molar-refractivity contribution in [3.8, 4) is 5.75 Å². The number of carbonyl (C=O) groups excluding carboxylic acids is 10. The van der Waals surface area contributed by atoms with Crippen LogP contribution in [0.5, 0.6) is 5.75 Å². The lowest BCUT2D eigenvalue weighted by Gasteiger charge is -2.43. The van der Waals surface area contributed by atoms with Crippen molar-refractivity contribution in [3.05, 3.63) is 76.9 Å². The Kier molecular flexibility index (Phi) is 29.4. The van der Waals surface area contributed by atoms with Crippen LogP contribution in [0, 0.1) is 11.3 Å². The Hall–Kier alpha value is -7.88. The van der Waals surface area contributed by atoms with E-state index in [4.69, 9.17) is 56.9 Å². The minimum Gasteiger partial charge on any atom is -0.467 e. The maximum Gasteiger partial charge on any atom is 0.431 e. The first-order valence-corrected chi connectivity index (χ1v) is 29.0. The topological polar surface area (TPSA) is 324 Å². The normalized spacial score (nSPS) is 17.9. The number of hydroxylamine groups is 1. The van der Waals surface area contributed by atoms with Gasteiger partial charge in [0.2, 0.25) is 24.2 Å². The van der Waals surface area contributed by atoms with E-state index in [1.807, 2.05) is 13.8 Å². The van der Waals surface area contributed by atoms with Gasteiger partial charge in [-0.2, -0.15) is 5.48 Å². The highest BCUT2D eigenvalue weighted by atomic mass is 16.7. The summed E-state index contributed by atoms with van der Waals surface area (Å²) in [5.41, 5.74) is 0.312. The number of hydrogen-bond acceptors (Lipinski definition) is 22. The lowest BCUT2D eigenvalue weighted by Crippen LogP contribution is -2.64. The van der Waals surface area contributed by atoms with E-state index >= 15 is 4.79 Å². The maximum atomic E-state index is 15.1. The molecule has 1 aliphatic heterocycles. The van der Waals surface area contributed by atoms with Crippen LogP contribution in [0.25, 0.3) is 0 Å². The molecule has 2 aromatic rings. The van der Waals surface area contributed by atoms with Crippen LogP contribution >= 0.6 is 0 Å². The number of likely N-dealkylation sites (N-methyl/N-ethyl adjacent to an activating group) is 2. The van der Waals surface area contributed by atoms with E-state index in [-0.39, 0.29) is 69.0 Å². The number of ether oxygens (including phenoxy) is 11. The second kappa shape index (κ2) is 34.8. The second-order valence-corrected chi connectivity index (χ2v) is 23.8. The van der Waals surface area contributed by atoms with Crippen molar-refractivity contribution in [1.29, 1.82) is 0 Å². The van der Waals surface area contributed by atoms with E-state index in [9.17, 15) is 43.2 Å². The smallest absolute Gasteiger partial charge is 0.431 e. The predicted octanol–water partition coefficient (Wildman–Crippen LogP) is 5.42. The third kappa shape index (κ3) is 23.5. The Morgan fingerprint density at radius 3 is 1.87 bits per heavy atom. The number of nitrogens with one attached hydrogen (secondary N) is 3. The summed E-state index contributed by atoms with van der Waals surface area (Å²) in [4.78, 5) is 141. The average molecular weight is 1260 g/mol. The van der Waals surface area contributed by atoms with Gasteiger partial charge in [0.1, 0.15) is 30.0 Å². The fourth-order valence-corrected chi connectivity index (χ4v) is 9.32. The number of esters is 5. The molecule has 0 aromatic heterocycles. The average Bonchev–Trinajstić information content (AvgIpc) is 1.10. The van der Waals surface area contributed by atoms with Crippen LogP contribution < -0.4 is 20.9 Å². The van der Waals surface area contributed by atoms with Crippen molar-refractivity contribution in [3.63, 3.8) is 0 Å². The molecule has 89 heavy (non-hydrogen) atoms. The first kappa shape index (κ1) is 75.4. The summed E-state index contributed by atoms with van der Waals surface area (Å²) in [5.74, 6) is -6.84. The van der Waals surface area contributed by atoms with E-state index in [2.05, 4.69) is 16.1 Å². The Labute approximate surface area is 520 Å². The largest absolute Gasteiger partial charge is 0.467 e. The van der Waals surface area contributed by atoms with Gasteiger partial charge < -0.3 is 67.6 Å². The fraction of sp³-hybridized carbons (Fsp3) is 0.613. The van der Waals surface area contributed by atoms with Gasteiger partial charge in [-0.15, -0.1) is 0 Å². The molecular weight excluding hydrogens is 1170 g/mol. The summed E-state index contributed by atoms with van der Waals surface area (Å²) in [6.45, 7) is 24.0. The molecule has 1 fully saturated rings. The number of hydrogen-bond donors (Lipinski definition) is 3. The Balaban J connectivity index is 2.03. The van der Waals surface area contributed by atoms with Crippen LogP contribution in [0.3, 0.4) is 0 Å². The molecule has 2 aromatic carbocycles. The molecule has 1 aliphatic rings. The molecule has 496 valence electrons. The number of methoxy groups -OCH3 is 1. The molecule has 0 radical (unpaired) electrons. The Morgan fingerprint density at radius 1 is 0.719 bits per heavy atom. The van der Waals surface area contributed by atoms with Gasteiger partial charge in [0.25, 0.3) is 5.91 Å². The van der Waals surface area contributed by atoms with Gasteiger partial charge in [-0.25, -0.2) is 19.2 Å². The molecule has 27 nitrogen and oxygen atoms in total.